The summed E-state index contributed by atoms with van der Waals surface area (Å²) in [6.45, 7) is 5.79. The van der Waals surface area contributed by atoms with E-state index < -0.39 is 0 Å². The molecule has 1 heterocycles. The van der Waals surface area contributed by atoms with Crippen molar-refractivity contribution < 1.29 is 9.47 Å². The second kappa shape index (κ2) is 3.13. The number of rotatable bonds is 2. The maximum atomic E-state index is 5.53. The van der Waals surface area contributed by atoms with Gasteiger partial charge < -0.3 is 9.47 Å². The zero-order chi connectivity index (χ0) is 9.26. The Kier molecular flexibility index (Phi) is 1.97. The summed E-state index contributed by atoms with van der Waals surface area (Å²) in [6.07, 6.45) is 0.559. The van der Waals surface area contributed by atoms with Crippen molar-refractivity contribution in [2.24, 2.45) is 0 Å². The second-order valence-corrected chi connectivity index (χ2v) is 3.27. The van der Waals surface area contributed by atoms with Crippen LogP contribution >= 0.6 is 0 Å². The summed E-state index contributed by atoms with van der Waals surface area (Å²) in [5.41, 5.74) is 1.07. The smallest absolute Gasteiger partial charge is 0.245 e. The third-order valence-corrected chi connectivity index (χ3v) is 1.88. The van der Waals surface area contributed by atoms with E-state index in [2.05, 4.69) is 6.58 Å². The first-order valence-corrected chi connectivity index (χ1v) is 4.32. The molecule has 2 rings (SSSR count). The molecule has 0 bridgehead atoms. The molecule has 0 spiro atoms. The highest BCUT2D eigenvalue weighted by Gasteiger charge is 2.22. The first-order valence-electron chi connectivity index (χ1n) is 4.32. The summed E-state index contributed by atoms with van der Waals surface area (Å²) in [5.74, 6) is 1.66. The van der Waals surface area contributed by atoms with Crippen LogP contribution in [0.15, 0.2) is 36.4 Å². The molecular weight excluding hydrogens is 164 g/mol. The third kappa shape index (κ3) is 1.66. The summed E-state index contributed by atoms with van der Waals surface area (Å²) in [7, 11) is 0. The lowest BCUT2D eigenvalue weighted by Gasteiger charge is -2.08. The number of fused-ring (bicyclic) bond motifs is 1. The van der Waals surface area contributed by atoms with Gasteiger partial charge >= 0.3 is 0 Å². The zero-order valence-electron chi connectivity index (χ0n) is 7.62. The molecular formula is C11H12O2. The van der Waals surface area contributed by atoms with E-state index in [1.807, 2.05) is 31.2 Å². The van der Waals surface area contributed by atoms with Gasteiger partial charge in [0.15, 0.2) is 11.5 Å². The van der Waals surface area contributed by atoms with E-state index in [1.54, 1.807) is 0 Å². The van der Waals surface area contributed by atoms with Crippen molar-refractivity contribution in [3.63, 3.8) is 0 Å². The SMILES string of the molecule is C=C(C)CC1Oc2ccccc2O1. The summed E-state index contributed by atoms with van der Waals surface area (Å²) in [6, 6.07) is 7.69. The minimum absolute atomic E-state index is 0.185. The van der Waals surface area contributed by atoms with E-state index in [1.165, 1.54) is 0 Å². The molecule has 0 saturated carbocycles. The maximum absolute atomic E-state index is 5.53. The lowest BCUT2D eigenvalue weighted by atomic mass is 10.2. The molecule has 1 aliphatic heterocycles. The van der Waals surface area contributed by atoms with Crippen LogP contribution in [0.1, 0.15) is 13.3 Å². The van der Waals surface area contributed by atoms with Crippen molar-refractivity contribution in [1.29, 1.82) is 0 Å². The molecule has 2 heteroatoms. The summed E-state index contributed by atoms with van der Waals surface area (Å²) >= 11 is 0. The molecule has 2 nitrogen and oxygen atoms in total. The van der Waals surface area contributed by atoms with Crippen molar-refractivity contribution in [2.75, 3.05) is 0 Å². The molecule has 0 saturated heterocycles. The van der Waals surface area contributed by atoms with Gasteiger partial charge in [-0.1, -0.05) is 24.3 Å². The molecule has 0 N–H and O–H groups in total. The van der Waals surface area contributed by atoms with E-state index in [0.717, 1.165) is 23.5 Å². The van der Waals surface area contributed by atoms with Gasteiger partial charge in [0.05, 0.1) is 0 Å². The normalized spacial score (nSPS) is 14.5. The average Bonchev–Trinajstić information content (AvgIpc) is 2.44. The lowest BCUT2D eigenvalue weighted by Crippen LogP contribution is -2.17. The van der Waals surface area contributed by atoms with Gasteiger partial charge in [-0.05, 0) is 19.1 Å². The predicted octanol–water partition coefficient (Wildman–Crippen LogP) is 2.75. The average molecular weight is 176 g/mol. The van der Waals surface area contributed by atoms with Gasteiger partial charge in [-0.3, -0.25) is 0 Å². The fraction of sp³-hybridized carbons (Fsp3) is 0.273. The maximum Gasteiger partial charge on any atom is 0.245 e. The minimum atomic E-state index is -0.185. The standard InChI is InChI=1S/C11H12O2/c1-8(2)7-11-12-9-5-3-4-6-10(9)13-11/h3-6,11H,1,7H2,2H3. The fourth-order valence-corrected chi connectivity index (χ4v) is 1.32. The molecule has 1 aromatic carbocycles. The zero-order valence-corrected chi connectivity index (χ0v) is 7.62. The van der Waals surface area contributed by atoms with Gasteiger partial charge in [-0.2, -0.15) is 0 Å². The number of hydrogen-bond acceptors (Lipinski definition) is 2. The number of para-hydroxylation sites is 2. The number of hydrogen-bond donors (Lipinski definition) is 0. The van der Waals surface area contributed by atoms with Crippen LogP contribution in [0.4, 0.5) is 0 Å². The molecule has 0 aromatic heterocycles. The quantitative estimate of drug-likeness (QED) is 0.645. The minimum Gasteiger partial charge on any atom is -0.451 e. The second-order valence-electron chi connectivity index (χ2n) is 3.27. The Morgan fingerprint density at radius 1 is 1.31 bits per heavy atom. The molecule has 0 unspecified atom stereocenters. The molecule has 1 aliphatic rings. The Labute approximate surface area is 77.8 Å². The largest absolute Gasteiger partial charge is 0.451 e. The number of ether oxygens (including phenoxy) is 2. The molecule has 0 radical (unpaired) electrons. The van der Waals surface area contributed by atoms with Gasteiger partial charge in [0.1, 0.15) is 0 Å². The Morgan fingerprint density at radius 2 is 1.85 bits per heavy atom. The highest BCUT2D eigenvalue weighted by Crippen LogP contribution is 2.35. The highest BCUT2D eigenvalue weighted by atomic mass is 16.7. The van der Waals surface area contributed by atoms with Gasteiger partial charge in [0.25, 0.3) is 0 Å². The van der Waals surface area contributed by atoms with E-state index in [-0.39, 0.29) is 6.29 Å². The first-order chi connectivity index (χ1) is 6.25. The van der Waals surface area contributed by atoms with Crippen LogP contribution in [0.25, 0.3) is 0 Å². The highest BCUT2D eigenvalue weighted by molar-refractivity contribution is 5.41. The van der Waals surface area contributed by atoms with Gasteiger partial charge in [-0.25, -0.2) is 0 Å². The van der Waals surface area contributed by atoms with E-state index in [0.29, 0.717) is 0 Å². The van der Waals surface area contributed by atoms with Crippen LogP contribution in [0, 0.1) is 0 Å². The van der Waals surface area contributed by atoms with Crippen molar-refractivity contribution >= 4 is 0 Å². The Bertz CT molecular complexity index is 306. The van der Waals surface area contributed by atoms with Crippen LogP contribution in [-0.4, -0.2) is 6.29 Å². The molecule has 0 fully saturated rings. The van der Waals surface area contributed by atoms with Crippen LogP contribution in [0.2, 0.25) is 0 Å². The summed E-state index contributed by atoms with van der Waals surface area (Å²) in [5, 5.41) is 0. The first kappa shape index (κ1) is 8.17. The number of benzene rings is 1. The van der Waals surface area contributed by atoms with Crippen LogP contribution in [0.3, 0.4) is 0 Å². The van der Waals surface area contributed by atoms with Gasteiger partial charge in [0.2, 0.25) is 6.29 Å². The van der Waals surface area contributed by atoms with Crippen molar-refractivity contribution in [3.05, 3.63) is 36.4 Å². The molecule has 13 heavy (non-hydrogen) atoms. The summed E-state index contributed by atoms with van der Waals surface area (Å²) in [4.78, 5) is 0. The molecule has 0 aliphatic carbocycles. The lowest BCUT2D eigenvalue weighted by molar-refractivity contribution is 0.0504. The molecule has 0 amide bonds. The van der Waals surface area contributed by atoms with Crippen molar-refractivity contribution in [3.8, 4) is 11.5 Å². The van der Waals surface area contributed by atoms with E-state index in [4.69, 9.17) is 9.47 Å². The topological polar surface area (TPSA) is 18.5 Å². The Balaban J connectivity index is 2.09. The van der Waals surface area contributed by atoms with Crippen molar-refractivity contribution in [2.45, 2.75) is 19.6 Å². The Morgan fingerprint density at radius 3 is 2.31 bits per heavy atom. The van der Waals surface area contributed by atoms with Crippen molar-refractivity contribution in [1.82, 2.24) is 0 Å². The molecule has 0 atom stereocenters. The monoisotopic (exact) mass is 176 g/mol. The predicted molar refractivity (Wildman–Crippen MR) is 50.9 cm³/mol. The van der Waals surface area contributed by atoms with E-state index in [9.17, 15) is 0 Å². The van der Waals surface area contributed by atoms with Gasteiger partial charge in [-0.15, -0.1) is 0 Å². The molecule has 1 aromatic rings. The van der Waals surface area contributed by atoms with Crippen LogP contribution in [0.5, 0.6) is 11.5 Å². The third-order valence-electron chi connectivity index (χ3n) is 1.88. The Hall–Kier alpha value is -1.44. The van der Waals surface area contributed by atoms with E-state index >= 15 is 0 Å². The summed E-state index contributed by atoms with van der Waals surface area (Å²) < 4.78 is 11.1. The fourth-order valence-electron chi connectivity index (χ4n) is 1.32. The van der Waals surface area contributed by atoms with Gasteiger partial charge in [0, 0.05) is 6.42 Å². The molecule has 68 valence electrons. The van der Waals surface area contributed by atoms with Crippen LogP contribution in [-0.2, 0) is 0 Å². The van der Waals surface area contributed by atoms with Crippen LogP contribution < -0.4 is 9.47 Å².